The minimum absolute atomic E-state index is 0.103. The quantitative estimate of drug-likeness (QED) is 0.807. The van der Waals surface area contributed by atoms with E-state index in [9.17, 15) is 17.6 Å². The number of aromatic nitrogens is 1. The van der Waals surface area contributed by atoms with Crippen molar-refractivity contribution in [2.24, 2.45) is 0 Å². The van der Waals surface area contributed by atoms with Gasteiger partial charge < -0.3 is 9.84 Å². The van der Waals surface area contributed by atoms with Crippen LogP contribution in [0.2, 0.25) is 0 Å². The van der Waals surface area contributed by atoms with Crippen molar-refractivity contribution in [1.29, 1.82) is 0 Å². The van der Waals surface area contributed by atoms with Crippen molar-refractivity contribution >= 4 is 21.6 Å². The highest BCUT2D eigenvalue weighted by molar-refractivity contribution is 7.89. The van der Waals surface area contributed by atoms with Crippen molar-refractivity contribution in [3.63, 3.8) is 0 Å². The third-order valence-corrected chi connectivity index (χ3v) is 7.04. The fourth-order valence-corrected chi connectivity index (χ4v) is 4.98. The maximum atomic E-state index is 13.7. The summed E-state index contributed by atoms with van der Waals surface area (Å²) >= 11 is 0. The lowest BCUT2D eigenvalue weighted by molar-refractivity contribution is -0.121. The molecule has 1 fully saturated rings. The second kappa shape index (κ2) is 7.98. The van der Waals surface area contributed by atoms with Gasteiger partial charge in [0, 0.05) is 26.2 Å². The van der Waals surface area contributed by atoms with Crippen LogP contribution in [0.25, 0.3) is 0 Å². The molecule has 3 rings (SSSR count). The van der Waals surface area contributed by atoms with Gasteiger partial charge in [-0.2, -0.15) is 4.31 Å². The molecule has 1 aliphatic heterocycles. The Morgan fingerprint density at radius 3 is 2.43 bits per heavy atom. The Kier molecular flexibility index (Phi) is 5.82. The Bertz CT molecular complexity index is 948. The number of para-hydroxylation sites is 1. The number of hydrogen-bond donors (Lipinski definition) is 1. The number of rotatable bonds is 5. The molecule has 1 aromatic heterocycles. The van der Waals surface area contributed by atoms with Crippen LogP contribution in [-0.4, -0.2) is 60.9 Å². The maximum absolute atomic E-state index is 13.7. The van der Waals surface area contributed by atoms with Crippen LogP contribution < -0.4 is 5.32 Å². The normalized spacial score (nSPS) is 17.4. The lowest BCUT2D eigenvalue weighted by atomic mass is 10.2. The fourth-order valence-electron chi connectivity index (χ4n) is 3.27. The van der Waals surface area contributed by atoms with Crippen LogP contribution in [0, 0.1) is 19.7 Å². The van der Waals surface area contributed by atoms with E-state index in [1.807, 2.05) is 4.90 Å². The van der Waals surface area contributed by atoms with Gasteiger partial charge in [-0.05, 0) is 32.9 Å². The second-order valence-electron chi connectivity index (χ2n) is 6.74. The third kappa shape index (κ3) is 3.94. The van der Waals surface area contributed by atoms with Crippen LogP contribution in [-0.2, 0) is 14.8 Å². The van der Waals surface area contributed by atoms with Crippen LogP contribution >= 0.6 is 0 Å². The van der Waals surface area contributed by atoms with Gasteiger partial charge in [0.2, 0.25) is 15.9 Å². The lowest BCUT2D eigenvalue weighted by Gasteiger charge is -2.36. The van der Waals surface area contributed by atoms with Crippen LogP contribution in [0.3, 0.4) is 0 Å². The summed E-state index contributed by atoms with van der Waals surface area (Å²) in [6.07, 6.45) is 0. The van der Waals surface area contributed by atoms with Crippen LogP contribution in [0.4, 0.5) is 10.1 Å². The number of benzene rings is 1. The van der Waals surface area contributed by atoms with Crippen molar-refractivity contribution < 1.29 is 22.1 Å². The molecule has 0 aliphatic carbocycles. The van der Waals surface area contributed by atoms with E-state index in [0.29, 0.717) is 18.8 Å². The molecule has 0 radical (unpaired) electrons. The molecule has 1 aliphatic rings. The maximum Gasteiger partial charge on any atom is 0.248 e. The number of carbonyl (C=O) groups is 1. The highest BCUT2D eigenvalue weighted by atomic mass is 32.2. The van der Waals surface area contributed by atoms with Gasteiger partial charge in [-0.1, -0.05) is 17.3 Å². The van der Waals surface area contributed by atoms with Gasteiger partial charge in [0.15, 0.2) is 5.76 Å². The third-order valence-electron chi connectivity index (χ3n) is 4.90. The largest absolute Gasteiger partial charge is 0.360 e. The average molecular weight is 410 g/mol. The number of amides is 1. The Morgan fingerprint density at radius 2 is 1.86 bits per heavy atom. The summed E-state index contributed by atoms with van der Waals surface area (Å²) in [7, 11) is -3.70. The first kappa shape index (κ1) is 20.4. The van der Waals surface area contributed by atoms with E-state index in [0.717, 1.165) is 0 Å². The Morgan fingerprint density at radius 1 is 1.21 bits per heavy atom. The van der Waals surface area contributed by atoms with Crippen molar-refractivity contribution in [3.8, 4) is 0 Å². The molecule has 0 spiro atoms. The van der Waals surface area contributed by atoms with Gasteiger partial charge in [-0.3, -0.25) is 9.69 Å². The molecule has 1 aromatic carbocycles. The van der Waals surface area contributed by atoms with E-state index >= 15 is 0 Å². The number of nitrogens with one attached hydrogen (secondary N) is 1. The molecule has 2 heterocycles. The summed E-state index contributed by atoms with van der Waals surface area (Å²) in [5, 5.41) is 6.29. The molecule has 28 heavy (non-hydrogen) atoms. The van der Waals surface area contributed by atoms with Crippen LogP contribution in [0.5, 0.6) is 0 Å². The standard InChI is InChI=1S/C18H23FN4O4S/c1-12-17(14(3)27-21-12)28(25,26)23-10-8-22(9-11-23)13(2)18(24)20-16-7-5-4-6-15(16)19/h4-7,13H,8-11H2,1-3H3,(H,20,24). The summed E-state index contributed by atoms with van der Waals surface area (Å²) in [5.41, 5.74) is 0.455. The first-order valence-electron chi connectivity index (χ1n) is 8.94. The van der Waals surface area contributed by atoms with Crippen LogP contribution in [0.1, 0.15) is 18.4 Å². The number of carbonyl (C=O) groups excluding carboxylic acids is 1. The zero-order valence-electron chi connectivity index (χ0n) is 16.0. The van der Waals surface area contributed by atoms with Gasteiger partial charge in [-0.15, -0.1) is 0 Å². The number of nitrogens with zero attached hydrogens (tertiary/aromatic N) is 3. The summed E-state index contributed by atoms with van der Waals surface area (Å²) in [5.74, 6) is -0.580. The molecule has 0 bridgehead atoms. The Balaban J connectivity index is 1.63. The van der Waals surface area contributed by atoms with Crippen LogP contribution in [0.15, 0.2) is 33.7 Å². The molecule has 0 saturated carbocycles. The zero-order chi connectivity index (χ0) is 20.5. The second-order valence-corrected chi connectivity index (χ2v) is 8.61. The van der Waals surface area contributed by atoms with E-state index in [4.69, 9.17) is 4.52 Å². The summed E-state index contributed by atoms with van der Waals surface area (Å²) in [4.78, 5) is 14.4. The fraction of sp³-hybridized carbons (Fsp3) is 0.444. The van der Waals surface area contributed by atoms with Crippen molar-refractivity contribution in [2.75, 3.05) is 31.5 Å². The van der Waals surface area contributed by atoms with Gasteiger partial charge in [0.05, 0.1) is 11.7 Å². The molecule has 1 unspecified atom stereocenters. The molecule has 1 atom stereocenters. The van der Waals surface area contributed by atoms with Gasteiger partial charge in [-0.25, -0.2) is 12.8 Å². The van der Waals surface area contributed by atoms with E-state index in [1.54, 1.807) is 32.9 Å². The molecular formula is C18H23FN4O4S. The Hall–Kier alpha value is -2.30. The molecule has 1 amide bonds. The molecule has 2 aromatic rings. The molecule has 10 heteroatoms. The summed E-state index contributed by atoms with van der Waals surface area (Å²) in [6, 6.07) is 5.44. The number of aryl methyl sites for hydroxylation is 2. The highest BCUT2D eigenvalue weighted by Crippen LogP contribution is 2.24. The molecule has 1 saturated heterocycles. The molecule has 8 nitrogen and oxygen atoms in total. The highest BCUT2D eigenvalue weighted by Gasteiger charge is 2.35. The first-order chi connectivity index (χ1) is 13.2. The van der Waals surface area contributed by atoms with Crippen molar-refractivity contribution in [2.45, 2.75) is 31.7 Å². The van der Waals surface area contributed by atoms with Crippen molar-refractivity contribution in [3.05, 3.63) is 41.5 Å². The minimum atomic E-state index is -3.70. The van der Waals surface area contributed by atoms with Gasteiger partial charge >= 0.3 is 0 Å². The molecular weight excluding hydrogens is 387 g/mol. The minimum Gasteiger partial charge on any atom is -0.360 e. The zero-order valence-corrected chi connectivity index (χ0v) is 16.8. The lowest BCUT2D eigenvalue weighted by Crippen LogP contribution is -2.54. The van der Waals surface area contributed by atoms with E-state index < -0.39 is 21.9 Å². The number of anilines is 1. The SMILES string of the molecule is Cc1noc(C)c1S(=O)(=O)N1CCN(C(C)C(=O)Nc2ccccc2F)CC1. The predicted molar refractivity (Wildman–Crippen MR) is 101 cm³/mol. The molecule has 1 N–H and O–H groups in total. The first-order valence-corrected chi connectivity index (χ1v) is 10.4. The average Bonchev–Trinajstić information content (AvgIpc) is 3.02. The number of sulfonamides is 1. The summed E-state index contributed by atoms with van der Waals surface area (Å²) in [6.45, 7) is 6.12. The molecule has 152 valence electrons. The monoisotopic (exact) mass is 410 g/mol. The Labute approximate surface area is 163 Å². The van der Waals surface area contributed by atoms with E-state index in [1.165, 1.54) is 16.4 Å². The van der Waals surface area contributed by atoms with Gasteiger partial charge in [0.1, 0.15) is 16.4 Å². The van der Waals surface area contributed by atoms with E-state index in [2.05, 4.69) is 10.5 Å². The van der Waals surface area contributed by atoms with Crippen molar-refractivity contribution in [1.82, 2.24) is 14.4 Å². The predicted octanol–water partition coefficient (Wildman–Crippen LogP) is 1.76. The smallest absolute Gasteiger partial charge is 0.248 e. The number of piperazine rings is 1. The summed E-state index contributed by atoms with van der Waals surface area (Å²) < 4.78 is 45.8. The number of halogens is 1. The topological polar surface area (TPSA) is 95.8 Å². The van der Waals surface area contributed by atoms with E-state index in [-0.39, 0.29) is 35.3 Å². The number of hydrogen-bond acceptors (Lipinski definition) is 6. The van der Waals surface area contributed by atoms with Gasteiger partial charge in [0.25, 0.3) is 0 Å².